The van der Waals surface area contributed by atoms with Crippen LogP contribution >= 0.6 is 0 Å². The maximum atomic E-state index is 2.36. The highest BCUT2D eigenvalue weighted by Crippen LogP contribution is 2.39. The quantitative estimate of drug-likeness (QED) is 0.415. The molecule has 0 atom stereocenters. The molecule has 0 unspecified atom stereocenters. The molecule has 1 nitrogen and oxygen atoms in total. The van der Waals surface area contributed by atoms with E-state index in [2.05, 4.69) is 92.0 Å². The van der Waals surface area contributed by atoms with Gasteiger partial charge in [-0.15, -0.1) is 0 Å². The van der Waals surface area contributed by atoms with E-state index >= 15 is 0 Å². The van der Waals surface area contributed by atoms with E-state index in [1.54, 1.807) is 0 Å². The van der Waals surface area contributed by atoms with Crippen LogP contribution < -0.4 is 0 Å². The van der Waals surface area contributed by atoms with Gasteiger partial charge in [-0.1, -0.05) is 62.4 Å². The van der Waals surface area contributed by atoms with E-state index in [-0.39, 0.29) is 0 Å². The fourth-order valence-electron chi connectivity index (χ4n) is 3.75. The summed E-state index contributed by atoms with van der Waals surface area (Å²) in [4.78, 5) is 0. The van der Waals surface area contributed by atoms with Gasteiger partial charge in [0.15, 0.2) is 0 Å². The molecule has 1 heteroatoms. The summed E-state index contributed by atoms with van der Waals surface area (Å²) in [5.74, 6) is 0.465. The average molecular weight is 299 g/mol. The second kappa shape index (κ2) is 5.27. The number of aromatic nitrogens is 1. The lowest BCUT2D eigenvalue weighted by molar-refractivity contribution is 0.811. The van der Waals surface area contributed by atoms with E-state index < -0.39 is 0 Å². The van der Waals surface area contributed by atoms with Gasteiger partial charge in [0, 0.05) is 23.0 Å². The number of nitrogens with zero attached hydrogens (tertiary/aromatic N) is 1. The van der Waals surface area contributed by atoms with E-state index in [4.69, 9.17) is 0 Å². The first-order valence-corrected chi connectivity index (χ1v) is 8.26. The highest BCUT2D eigenvalue weighted by atomic mass is 14.9. The third kappa shape index (κ3) is 2.08. The first-order valence-electron chi connectivity index (χ1n) is 8.26. The Kier molecular flexibility index (Phi) is 3.23. The minimum atomic E-state index is 0.465. The molecule has 0 amide bonds. The number of aryl methyl sites for hydroxylation is 1. The van der Waals surface area contributed by atoms with Crippen molar-refractivity contribution in [2.75, 3.05) is 0 Å². The van der Waals surface area contributed by atoms with Crippen molar-refractivity contribution in [1.82, 2.24) is 4.40 Å². The van der Waals surface area contributed by atoms with Gasteiger partial charge in [0.25, 0.3) is 0 Å². The number of hydrogen-bond acceptors (Lipinski definition) is 0. The van der Waals surface area contributed by atoms with Crippen molar-refractivity contribution < 1.29 is 0 Å². The average Bonchev–Trinajstić information content (AvgIpc) is 2.88. The van der Waals surface area contributed by atoms with E-state index in [0.717, 1.165) is 0 Å². The van der Waals surface area contributed by atoms with Gasteiger partial charge in [-0.25, -0.2) is 0 Å². The smallest absolute Gasteiger partial charge is 0.0488 e. The van der Waals surface area contributed by atoms with Crippen LogP contribution in [0, 0.1) is 6.92 Å². The largest absolute Gasteiger partial charge is 0.320 e. The molecule has 0 spiro atoms. The van der Waals surface area contributed by atoms with Gasteiger partial charge in [-0.2, -0.15) is 0 Å². The van der Waals surface area contributed by atoms with Crippen molar-refractivity contribution in [3.63, 3.8) is 0 Å². The zero-order valence-corrected chi connectivity index (χ0v) is 13.9. The SMILES string of the molecule is Cc1c(-c2cccc3ccccc23)c(C(C)C)n2ccccc12. The molecule has 2 aromatic heterocycles. The summed E-state index contributed by atoms with van der Waals surface area (Å²) in [5.41, 5.74) is 6.80. The minimum Gasteiger partial charge on any atom is -0.320 e. The lowest BCUT2D eigenvalue weighted by Gasteiger charge is -2.13. The molecule has 0 bridgehead atoms. The van der Waals surface area contributed by atoms with E-state index in [1.807, 2.05) is 0 Å². The molecule has 0 N–H and O–H groups in total. The molecule has 23 heavy (non-hydrogen) atoms. The fraction of sp³-hybridized carbons (Fsp3) is 0.182. The Morgan fingerprint density at radius 2 is 1.57 bits per heavy atom. The first-order chi connectivity index (χ1) is 11.2. The topological polar surface area (TPSA) is 4.41 Å². The number of pyridine rings is 1. The van der Waals surface area contributed by atoms with E-state index in [1.165, 1.54) is 38.7 Å². The predicted octanol–water partition coefficient (Wildman–Crippen LogP) is 6.19. The summed E-state index contributed by atoms with van der Waals surface area (Å²) < 4.78 is 2.36. The molecule has 0 saturated heterocycles. The van der Waals surface area contributed by atoms with Crippen LogP contribution in [-0.4, -0.2) is 4.40 Å². The zero-order chi connectivity index (χ0) is 16.0. The maximum absolute atomic E-state index is 2.36. The molecule has 0 saturated carbocycles. The van der Waals surface area contributed by atoms with Crippen LogP contribution in [0.25, 0.3) is 27.4 Å². The molecule has 0 aliphatic rings. The molecular weight excluding hydrogens is 278 g/mol. The molecule has 114 valence electrons. The summed E-state index contributed by atoms with van der Waals surface area (Å²) in [6.45, 7) is 6.81. The lowest BCUT2D eigenvalue weighted by atomic mass is 9.92. The molecule has 4 aromatic rings. The first kappa shape index (κ1) is 14.1. The third-order valence-corrected chi connectivity index (χ3v) is 4.74. The highest BCUT2D eigenvalue weighted by molar-refractivity contribution is 5.99. The van der Waals surface area contributed by atoms with E-state index in [9.17, 15) is 0 Å². The Morgan fingerprint density at radius 3 is 2.39 bits per heavy atom. The van der Waals surface area contributed by atoms with Crippen molar-refractivity contribution in [1.29, 1.82) is 0 Å². The van der Waals surface area contributed by atoms with E-state index in [0.29, 0.717) is 5.92 Å². The van der Waals surface area contributed by atoms with Crippen molar-refractivity contribution in [2.24, 2.45) is 0 Å². The van der Waals surface area contributed by atoms with Gasteiger partial charge in [-0.05, 0) is 46.9 Å². The Bertz CT molecular complexity index is 1000. The summed E-state index contributed by atoms with van der Waals surface area (Å²) in [6.07, 6.45) is 2.19. The molecule has 0 radical (unpaired) electrons. The van der Waals surface area contributed by atoms with Crippen molar-refractivity contribution in [3.05, 3.63) is 78.1 Å². The van der Waals surface area contributed by atoms with Crippen LogP contribution in [0.3, 0.4) is 0 Å². The molecule has 2 aromatic carbocycles. The van der Waals surface area contributed by atoms with Crippen LogP contribution in [0.2, 0.25) is 0 Å². The Balaban J connectivity index is 2.17. The number of hydrogen-bond donors (Lipinski definition) is 0. The molecule has 0 aliphatic carbocycles. The van der Waals surface area contributed by atoms with Crippen molar-refractivity contribution >= 4 is 16.3 Å². The van der Waals surface area contributed by atoms with Gasteiger partial charge in [0.2, 0.25) is 0 Å². The lowest BCUT2D eigenvalue weighted by Crippen LogP contribution is -1.97. The maximum Gasteiger partial charge on any atom is 0.0488 e. The monoisotopic (exact) mass is 299 g/mol. The Morgan fingerprint density at radius 1 is 0.826 bits per heavy atom. The van der Waals surface area contributed by atoms with Gasteiger partial charge >= 0.3 is 0 Å². The van der Waals surface area contributed by atoms with Gasteiger partial charge < -0.3 is 4.40 Å². The number of rotatable bonds is 2. The molecule has 0 aliphatic heterocycles. The third-order valence-electron chi connectivity index (χ3n) is 4.74. The van der Waals surface area contributed by atoms with Crippen molar-refractivity contribution in [3.8, 4) is 11.1 Å². The minimum absolute atomic E-state index is 0.465. The Hall–Kier alpha value is -2.54. The van der Waals surface area contributed by atoms with Gasteiger partial charge in [0.05, 0.1) is 0 Å². The Labute approximate surface area is 137 Å². The molecule has 2 heterocycles. The number of benzene rings is 2. The summed E-state index contributed by atoms with van der Waals surface area (Å²) in [6, 6.07) is 21.7. The highest BCUT2D eigenvalue weighted by Gasteiger charge is 2.20. The number of fused-ring (bicyclic) bond motifs is 2. The van der Waals surface area contributed by atoms with Crippen LogP contribution in [-0.2, 0) is 0 Å². The summed E-state index contributed by atoms with van der Waals surface area (Å²) in [5, 5.41) is 2.63. The second-order valence-corrected chi connectivity index (χ2v) is 6.52. The normalized spacial score (nSPS) is 11.7. The standard InChI is InChI=1S/C22H21N/c1-15(2)22-21(16(3)20-13-6-7-14-23(20)22)19-12-8-10-17-9-4-5-11-18(17)19/h4-15H,1-3H3. The molecular formula is C22H21N. The van der Waals surface area contributed by atoms with Crippen LogP contribution in [0.4, 0.5) is 0 Å². The summed E-state index contributed by atoms with van der Waals surface area (Å²) >= 11 is 0. The van der Waals surface area contributed by atoms with Crippen LogP contribution in [0.1, 0.15) is 31.0 Å². The predicted molar refractivity (Wildman–Crippen MR) is 99.2 cm³/mol. The van der Waals surface area contributed by atoms with Gasteiger partial charge in [0.1, 0.15) is 0 Å². The second-order valence-electron chi connectivity index (χ2n) is 6.52. The van der Waals surface area contributed by atoms with Gasteiger partial charge in [-0.3, -0.25) is 0 Å². The molecule has 4 rings (SSSR count). The zero-order valence-electron chi connectivity index (χ0n) is 13.9. The van der Waals surface area contributed by atoms with Crippen molar-refractivity contribution in [2.45, 2.75) is 26.7 Å². The van der Waals surface area contributed by atoms with Crippen LogP contribution in [0.5, 0.6) is 0 Å². The molecule has 0 fully saturated rings. The summed E-state index contributed by atoms with van der Waals surface area (Å²) in [7, 11) is 0. The fourth-order valence-corrected chi connectivity index (χ4v) is 3.75. The van der Waals surface area contributed by atoms with Crippen LogP contribution in [0.15, 0.2) is 66.9 Å².